The average Bonchev–Trinajstić information content (AvgIpc) is 3.03. The number of carboxylic acid groups (broad SMARTS) is 1. The topological polar surface area (TPSA) is 60.4 Å². The Kier molecular flexibility index (Phi) is 5.69. The molecule has 0 aliphatic heterocycles. The number of hydrogen-bond acceptors (Lipinski definition) is 3. The third kappa shape index (κ3) is 4.50. The van der Waals surface area contributed by atoms with Crippen LogP contribution in [0.2, 0.25) is 0 Å². The van der Waals surface area contributed by atoms with Gasteiger partial charge in [-0.3, -0.25) is 0 Å². The second-order valence-electron chi connectivity index (χ2n) is 5.01. The van der Waals surface area contributed by atoms with Gasteiger partial charge in [0.15, 0.2) is 0 Å². The summed E-state index contributed by atoms with van der Waals surface area (Å²) in [6.07, 6.45) is 7.63. The lowest BCUT2D eigenvalue weighted by molar-refractivity contribution is -0.314. The lowest BCUT2D eigenvalue weighted by Crippen LogP contribution is -2.38. The van der Waals surface area contributed by atoms with Crippen LogP contribution in [0.3, 0.4) is 0 Å². The van der Waals surface area contributed by atoms with Crippen molar-refractivity contribution < 1.29 is 15.0 Å². The fourth-order valence-electron chi connectivity index (χ4n) is 2.37. The predicted molar refractivity (Wildman–Crippen MR) is 65.1 cm³/mol. The number of allylic oxidation sites excluding steroid dienone is 1. The van der Waals surface area contributed by atoms with Gasteiger partial charge in [0.05, 0.1) is 6.10 Å². The van der Waals surface area contributed by atoms with Gasteiger partial charge in [-0.05, 0) is 37.5 Å². The maximum atomic E-state index is 10.7. The summed E-state index contributed by atoms with van der Waals surface area (Å²) in [4.78, 5) is 10.7. The van der Waals surface area contributed by atoms with Crippen molar-refractivity contribution in [3.05, 3.63) is 12.2 Å². The largest absolute Gasteiger partial charge is 0.550 e. The first-order valence-corrected chi connectivity index (χ1v) is 6.64. The molecule has 0 amide bonds. The van der Waals surface area contributed by atoms with Crippen LogP contribution in [0.5, 0.6) is 0 Å². The first-order chi connectivity index (χ1) is 8.10. The SMILES string of the molecule is CCC1CC1C/C=C\C[C@@H](O)[C@@H](CC)C(=O)[O-]. The molecule has 0 aromatic carbocycles. The van der Waals surface area contributed by atoms with Gasteiger partial charge in [-0.2, -0.15) is 0 Å². The van der Waals surface area contributed by atoms with E-state index in [4.69, 9.17) is 0 Å². The summed E-state index contributed by atoms with van der Waals surface area (Å²) < 4.78 is 0. The maximum absolute atomic E-state index is 10.7. The van der Waals surface area contributed by atoms with E-state index in [-0.39, 0.29) is 0 Å². The van der Waals surface area contributed by atoms with E-state index in [9.17, 15) is 15.0 Å². The van der Waals surface area contributed by atoms with Crippen LogP contribution >= 0.6 is 0 Å². The zero-order valence-electron chi connectivity index (χ0n) is 10.8. The van der Waals surface area contributed by atoms with E-state index in [1.54, 1.807) is 6.92 Å². The van der Waals surface area contributed by atoms with Crippen LogP contribution in [0.15, 0.2) is 12.2 Å². The van der Waals surface area contributed by atoms with Crippen LogP contribution in [-0.4, -0.2) is 17.2 Å². The number of aliphatic hydroxyl groups is 1. The smallest absolute Gasteiger partial charge is 0.0654 e. The molecule has 0 bridgehead atoms. The second kappa shape index (κ2) is 6.80. The van der Waals surface area contributed by atoms with E-state index in [1.807, 2.05) is 6.08 Å². The van der Waals surface area contributed by atoms with Crippen molar-refractivity contribution >= 4 is 5.97 Å². The number of aliphatic hydroxyl groups excluding tert-OH is 1. The molecule has 0 aromatic rings. The Balaban J connectivity index is 2.20. The van der Waals surface area contributed by atoms with E-state index in [1.165, 1.54) is 12.8 Å². The van der Waals surface area contributed by atoms with Gasteiger partial charge < -0.3 is 15.0 Å². The number of hydrogen-bond donors (Lipinski definition) is 1. The fourth-order valence-corrected chi connectivity index (χ4v) is 2.37. The van der Waals surface area contributed by atoms with Gasteiger partial charge in [0.1, 0.15) is 0 Å². The summed E-state index contributed by atoms with van der Waals surface area (Å²) in [7, 11) is 0. The van der Waals surface area contributed by atoms with Crippen molar-refractivity contribution in [2.24, 2.45) is 17.8 Å². The normalized spacial score (nSPS) is 27.0. The van der Waals surface area contributed by atoms with Gasteiger partial charge in [0.25, 0.3) is 0 Å². The molecule has 17 heavy (non-hydrogen) atoms. The summed E-state index contributed by atoms with van der Waals surface area (Å²) in [6.45, 7) is 3.97. The Morgan fingerprint density at radius 2 is 2.12 bits per heavy atom. The molecule has 1 saturated carbocycles. The Labute approximate surface area is 104 Å². The Hall–Kier alpha value is -0.830. The molecule has 3 heteroatoms. The highest BCUT2D eigenvalue weighted by Gasteiger charge is 2.33. The van der Waals surface area contributed by atoms with Gasteiger partial charge >= 0.3 is 0 Å². The molecule has 3 nitrogen and oxygen atoms in total. The number of carbonyl (C=O) groups is 1. The first-order valence-electron chi connectivity index (χ1n) is 6.64. The molecule has 1 aliphatic rings. The number of carboxylic acids is 1. The van der Waals surface area contributed by atoms with Crippen molar-refractivity contribution in [2.45, 2.75) is 52.1 Å². The van der Waals surface area contributed by atoms with Crippen molar-refractivity contribution in [2.75, 3.05) is 0 Å². The highest BCUT2D eigenvalue weighted by atomic mass is 16.4. The molecule has 0 heterocycles. The minimum Gasteiger partial charge on any atom is -0.550 e. The summed E-state index contributed by atoms with van der Waals surface area (Å²) >= 11 is 0. The zero-order valence-corrected chi connectivity index (χ0v) is 10.8. The average molecular weight is 239 g/mol. The van der Waals surface area contributed by atoms with Crippen LogP contribution in [0.4, 0.5) is 0 Å². The zero-order chi connectivity index (χ0) is 12.8. The minimum absolute atomic E-state index is 0.413. The Morgan fingerprint density at radius 1 is 1.41 bits per heavy atom. The molecule has 1 rings (SSSR count). The molecule has 1 N–H and O–H groups in total. The van der Waals surface area contributed by atoms with Crippen molar-refractivity contribution in [3.8, 4) is 0 Å². The van der Waals surface area contributed by atoms with Crippen molar-refractivity contribution in [1.29, 1.82) is 0 Å². The molecular formula is C14H23O3-. The minimum atomic E-state index is -1.15. The van der Waals surface area contributed by atoms with E-state index >= 15 is 0 Å². The molecule has 0 radical (unpaired) electrons. The second-order valence-corrected chi connectivity index (χ2v) is 5.01. The van der Waals surface area contributed by atoms with Gasteiger partial charge in [-0.1, -0.05) is 32.4 Å². The van der Waals surface area contributed by atoms with Crippen molar-refractivity contribution in [1.82, 2.24) is 0 Å². The molecule has 1 fully saturated rings. The number of rotatable bonds is 8. The highest BCUT2D eigenvalue weighted by Crippen LogP contribution is 2.43. The quantitative estimate of drug-likeness (QED) is 0.653. The Bertz CT molecular complexity index is 273. The van der Waals surface area contributed by atoms with Crippen LogP contribution in [0.25, 0.3) is 0 Å². The summed E-state index contributed by atoms with van der Waals surface area (Å²) in [5.74, 6) is -0.196. The van der Waals surface area contributed by atoms with Crippen LogP contribution in [-0.2, 0) is 4.79 Å². The predicted octanol–water partition coefficient (Wildman–Crippen LogP) is 1.51. The maximum Gasteiger partial charge on any atom is 0.0654 e. The van der Waals surface area contributed by atoms with Crippen LogP contribution in [0, 0.1) is 17.8 Å². The van der Waals surface area contributed by atoms with E-state index in [0.717, 1.165) is 18.3 Å². The van der Waals surface area contributed by atoms with Gasteiger partial charge in [-0.25, -0.2) is 0 Å². The van der Waals surface area contributed by atoms with E-state index in [2.05, 4.69) is 13.0 Å². The monoisotopic (exact) mass is 239 g/mol. The molecule has 98 valence electrons. The lowest BCUT2D eigenvalue weighted by Gasteiger charge is -2.21. The van der Waals surface area contributed by atoms with Gasteiger partial charge in [0.2, 0.25) is 0 Å². The third-order valence-corrected chi connectivity index (χ3v) is 3.78. The van der Waals surface area contributed by atoms with Crippen LogP contribution in [0.1, 0.15) is 46.0 Å². The molecular weight excluding hydrogens is 216 g/mol. The van der Waals surface area contributed by atoms with Gasteiger partial charge in [-0.15, -0.1) is 0 Å². The first kappa shape index (κ1) is 14.2. The molecule has 0 aromatic heterocycles. The lowest BCUT2D eigenvalue weighted by atomic mass is 9.97. The molecule has 4 atom stereocenters. The number of aliphatic carboxylic acids is 1. The summed E-state index contributed by atoms with van der Waals surface area (Å²) in [5, 5.41) is 20.4. The van der Waals surface area contributed by atoms with Gasteiger partial charge in [0, 0.05) is 11.9 Å². The molecule has 0 spiro atoms. The fraction of sp³-hybridized carbons (Fsp3) is 0.786. The highest BCUT2D eigenvalue weighted by molar-refractivity contribution is 5.68. The number of carbonyl (C=O) groups excluding carboxylic acids is 1. The molecule has 0 saturated heterocycles. The standard InChI is InChI=1S/C14H24O3/c1-3-10-9-11(10)7-5-6-8-13(15)12(4-2)14(16)17/h5-6,10-13,15H,3-4,7-9H2,1-2H3,(H,16,17)/p-1/b6-5-/t10?,11?,12-,13-/m1/s1. The summed E-state index contributed by atoms with van der Waals surface area (Å²) in [6, 6.07) is 0. The van der Waals surface area contributed by atoms with Crippen LogP contribution < -0.4 is 5.11 Å². The van der Waals surface area contributed by atoms with Crippen molar-refractivity contribution in [3.63, 3.8) is 0 Å². The Morgan fingerprint density at radius 3 is 2.59 bits per heavy atom. The molecule has 1 aliphatic carbocycles. The molecule has 2 unspecified atom stereocenters. The third-order valence-electron chi connectivity index (χ3n) is 3.78. The summed E-state index contributed by atoms with van der Waals surface area (Å²) in [5.41, 5.74) is 0. The van der Waals surface area contributed by atoms with E-state index in [0.29, 0.717) is 12.8 Å². The van der Waals surface area contributed by atoms with E-state index < -0.39 is 18.0 Å².